The number of benzene rings is 1. The number of halogens is 1. The van der Waals surface area contributed by atoms with Crippen LogP contribution >= 0.6 is 10.7 Å². The van der Waals surface area contributed by atoms with Gasteiger partial charge in [-0.25, -0.2) is 8.42 Å². The van der Waals surface area contributed by atoms with Crippen LogP contribution in [0.5, 0.6) is 5.75 Å². The molecule has 1 aromatic rings. The highest BCUT2D eigenvalue weighted by Crippen LogP contribution is 2.32. The van der Waals surface area contributed by atoms with Gasteiger partial charge in [0.15, 0.2) is 6.10 Å². The molecule has 1 aliphatic rings. The van der Waals surface area contributed by atoms with E-state index in [1.165, 1.54) is 6.07 Å². The third kappa shape index (κ3) is 4.11. The number of carbonyl (C=O) groups is 1. The first-order chi connectivity index (χ1) is 9.68. The zero-order chi connectivity index (χ0) is 15.8. The van der Waals surface area contributed by atoms with Gasteiger partial charge in [0, 0.05) is 16.7 Å². The highest BCUT2D eigenvalue weighted by Gasteiger charge is 2.28. The van der Waals surface area contributed by atoms with E-state index in [4.69, 9.17) is 15.4 Å². The van der Waals surface area contributed by atoms with E-state index in [1.807, 2.05) is 0 Å². The third-order valence-corrected chi connectivity index (χ3v) is 4.56. The van der Waals surface area contributed by atoms with E-state index in [0.29, 0.717) is 5.56 Å². The third-order valence-electron chi connectivity index (χ3n) is 3.24. The first-order valence-electron chi connectivity index (χ1n) is 6.71. The maximum atomic E-state index is 11.9. The summed E-state index contributed by atoms with van der Waals surface area (Å²) in [6.45, 7) is 5.08. The number of carbonyl (C=O) groups excluding carboxylic acids is 1. The van der Waals surface area contributed by atoms with Crippen LogP contribution in [0.15, 0.2) is 17.0 Å². The Morgan fingerprint density at radius 2 is 2.00 bits per heavy atom. The minimum absolute atomic E-state index is 0.104. The molecule has 1 amide bonds. The molecule has 1 atom stereocenters. The zero-order valence-electron chi connectivity index (χ0n) is 12.1. The summed E-state index contributed by atoms with van der Waals surface area (Å²) < 4.78 is 28.9. The van der Waals surface area contributed by atoms with E-state index in [0.717, 1.165) is 18.4 Å². The summed E-state index contributed by atoms with van der Waals surface area (Å²) in [6, 6.07) is 3.45. The number of hydrogen-bond acceptors (Lipinski definition) is 4. The molecule has 116 valence electrons. The molecule has 0 radical (unpaired) electrons. The van der Waals surface area contributed by atoms with E-state index in [1.54, 1.807) is 26.8 Å². The molecule has 1 N–H and O–H groups in total. The Labute approximate surface area is 129 Å². The summed E-state index contributed by atoms with van der Waals surface area (Å²) in [7, 11) is 1.51. The van der Waals surface area contributed by atoms with Crippen LogP contribution in [0.2, 0.25) is 0 Å². The highest BCUT2D eigenvalue weighted by molar-refractivity contribution is 8.13. The number of rotatable bonds is 5. The van der Waals surface area contributed by atoms with Gasteiger partial charge in [-0.1, -0.05) is 6.07 Å². The Bertz CT molecular complexity index is 668. The molecule has 1 fully saturated rings. The number of nitrogens with one attached hydrogen (secondary N) is 1. The van der Waals surface area contributed by atoms with Gasteiger partial charge in [0.05, 0.1) is 0 Å². The lowest BCUT2D eigenvalue weighted by molar-refractivity contribution is -0.127. The SMILES string of the molecule is Cc1cc(C)c(OC(C)C(=O)NC2CC2)c(S(=O)(=O)Cl)c1. The van der Waals surface area contributed by atoms with Crippen molar-refractivity contribution in [1.82, 2.24) is 5.32 Å². The fourth-order valence-electron chi connectivity index (χ4n) is 2.02. The minimum Gasteiger partial charge on any atom is -0.479 e. The van der Waals surface area contributed by atoms with Crippen molar-refractivity contribution in [3.63, 3.8) is 0 Å². The number of hydrogen-bond donors (Lipinski definition) is 1. The molecule has 1 unspecified atom stereocenters. The summed E-state index contributed by atoms with van der Waals surface area (Å²) in [5, 5.41) is 2.82. The monoisotopic (exact) mass is 331 g/mol. The Morgan fingerprint density at radius 3 is 2.52 bits per heavy atom. The van der Waals surface area contributed by atoms with Crippen molar-refractivity contribution in [2.45, 2.75) is 50.7 Å². The second kappa shape index (κ2) is 5.85. The van der Waals surface area contributed by atoms with E-state index in [9.17, 15) is 13.2 Å². The lowest BCUT2D eigenvalue weighted by Crippen LogP contribution is -2.37. The lowest BCUT2D eigenvalue weighted by atomic mass is 10.1. The highest BCUT2D eigenvalue weighted by atomic mass is 35.7. The Balaban J connectivity index is 2.27. The summed E-state index contributed by atoms with van der Waals surface area (Å²) in [4.78, 5) is 11.8. The van der Waals surface area contributed by atoms with Crippen molar-refractivity contribution < 1.29 is 17.9 Å². The van der Waals surface area contributed by atoms with Gasteiger partial charge < -0.3 is 10.1 Å². The topological polar surface area (TPSA) is 72.5 Å². The molecule has 21 heavy (non-hydrogen) atoms. The molecule has 2 rings (SSSR count). The molecule has 7 heteroatoms. The molecular formula is C14H18ClNO4S. The normalized spacial score (nSPS) is 16.4. The van der Waals surface area contributed by atoms with Crippen LogP contribution in [0.25, 0.3) is 0 Å². The van der Waals surface area contributed by atoms with Crippen molar-refractivity contribution in [1.29, 1.82) is 0 Å². The van der Waals surface area contributed by atoms with E-state index in [2.05, 4.69) is 5.32 Å². The summed E-state index contributed by atoms with van der Waals surface area (Å²) in [5.74, 6) is -0.121. The molecule has 5 nitrogen and oxygen atoms in total. The van der Waals surface area contributed by atoms with Crippen LogP contribution < -0.4 is 10.1 Å². The Kier molecular flexibility index (Phi) is 4.49. The van der Waals surface area contributed by atoms with E-state index in [-0.39, 0.29) is 22.6 Å². The van der Waals surface area contributed by atoms with Gasteiger partial charge in [0.2, 0.25) is 0 Å². The summed E-state index contributed by atoms with van der Waals surface area (Å²) >= 11 is 0. The van der Waals surface area contributed by atoms with Crippen molar-refractivity contribution in [3.05, 3.63) is 23.3 Å². The first kappa shape index (κ1) is 16.1. The number of aryl methyl sites for hydroxylation is 2. The average molecular weight is 332 g/mol. The van der Waals surface area contributed by atoms with Gasteiger partial charge >= 0.3 is 0 Å². The quantitative estimate of drug-likeness (QED) is 0.840. The van der Waals surface area contributed by atoms with E-state index >= 15 is 0 Å². The van der Waals surface area contributed by atoms with Crippen molar-refractivity contribution >= 4 is 25.6 Å². The van der Waals surface area contributed by atoms with Crippen LogP contribution in [0.3, 0.4) is 0 Å². The molecule has 0 heterocycles. The van der Waals surface area contributed by atoms with Gasteiger partial charge in [-0.15, -0.1) is 0 Å². The molecule has 1 aliphatic carbocycles. The second-order valence-electron chi connectivity index (χ2n) is 5.39. The van der Waals surface area contributed by atoms with Crippen LogP contribution in [0.1, 0.15) is 30.9 Å². The predicted octanol–water partition coefficient (Wildman–Crippen LogP) is 2.28. The number of ether oxygens (including phenoxy) is 1. The van der Waals surface area contributed by atoms with Gasteiger partial charge in [-0.3, -0.25) is 4.79 Å². The van der Waals surface area contributed by atoms with Crippen molar-refractivity contribution in [3.8, 4) is 5.75 Å². The molecule has 0 aliphatic heterocycles. The van der Waals surface area contributed by atoms with Crippen LogP contribution in [-0.4, -0.2) is 26.5 Å². The summed E-state index contributed by atoms with van der Waals surface area (Å²) in [5.41, 5.74) is 1.38. The predicted molar refractivity (Wildman–Crippen MR) is 80.2 cm³/mol. The smallest absolute Gasteiger partial charge is 0.265 e. The number of amides is 1. The van der Waals surface area contributed by atoms with Gasteiger partial charge in [0.25, 0.3) is 15.0 Å². The van der Waals surface area contributed by atoms with Crippen LogP contribution in [-0.2, 0) is 13.8 Å². The Morgan fingerprint density at radius 1 is 1.38 bits per heavy atom. The lowest BCUT2D eigenvalue weighted by Gasteiger charge is -2.18. The largest absolute Gasteiger partial charge is 0.479 e. The fourth-order valence-corrected chi connectivity index (χ4v) is 3.13. The minimum atomic E-state index is -3.94. The molecule has 0 bridgehead atoms. The average Bonchev–Trinajstić information content (AvgIpc) is 3.14. The van der Waals surface area contributed by atoms with Gasteiger partial charge in [0.1, 0.15) is 10.6 Å². The zero-order valence-corrected chi connectivity index (χ0v) is 13.7. The molecule has 1 aromatic carbocycles. The molecule has 1 saturated carbocycles. The second-order valence-corrected chi connectivity index (χ2v) is 7.92. The molecular weight excluding hydrogens is 314 g/mol. The maximum absolute atomic E-state index is 11.9. The van der Waals surface area contributed by atoms with Crippen LogP contribution in [0.4, 0.5) is 0 Å². The fraction of sp³-hybridized carbons (Fsp3) is 0.500. The van der Waals surface area contributed by atoms with E-state index < -0.39 is 15.2 Å². The molecule has 0 saturated heterocycles. The molecule has 0 aromatic heterocycles. The van der Waals surface area contributed by atoms with Crippen molar-refractivity contribution in [2.75, 3.05) is 0 Å². The molecule has 0 spiro atoms. The first-order valence-corrected chi connectivity index (χ1v) is 9.02. The van der Waals surface area contributed by atoms with Crippen LogP contribution in [0, 0.1) is 13.8 Å². The Hall–Kier alpha value is -1.27. The van der Waals surface area contributed by atoms with Crippen molar-refractivity contribution in [2.24, 2.45) is 0 Å². The standard InChI is InChI=1S/C14H18ClNO4S/c1-8-6-9(2)13(12(7-8)21(15,18)19)20-10(3)14(17)16-11-4-5-11/h6-7,10-11H,4-5H2,1-3H3,(H,16,17). The summed E-state index contributed by atoms with van der Waals surface area (Å²) in [6.07, 6.45) is 1.16. The van der Waals surface area contributed by atoms with Gasteiger partial charge in [-0.2, -0.15) is 0 Å². The maximum Gasteiger partial charge on any atom is 0.265 e. The van der Waals surface area contributed by atoms with Gasteiger partial charge in [-0.05, 0) is 50.8 Å².